The second-order valence-corrected chi connectivity index (χ2v) is 8.81. The lowest BCUT2D eigenvalue weighted by Gasteiger charge is -2.23. The van der Waals surface area contributed by atoms with Crippen molar-refractivity contribution >= 4 is 55.6 Å². The first-order valence-corrected chi connectivity index (χ1v) is 11.0. The van der Waals surface area contributed by atoms with Crippen molar-refractivity contribution in [3.8, 4) is 0 Å². The Kier molecular flexibility index (Phi) is 5.52. The van der Waals surface area contributed by atoms with Crippen molar-refractivity contribution in [2.45, 2.75) is 20.3 Å². The Bertz CT molecular complexity index is 1070. The maximum absolute atomic E-state index is 13.5. The van der Waals surface area contributed by atoms with E-state index in [2.05, 4.69) is 20.9 Å². The van der Waals surface area contributed by atoms with Crippen LogP contribution in [-0.2, 0) is 9.59 Å². The number of rotatable bonds is 4. The fraction of sp³-hybridized carbons (Fsp3) is 0.227. The lowest BCUT2D eigenvalue weighted by molar-refractivity contribution is -0.123. The van der Waals surface area contributed by atoms with Gasteiger partial charge in [0, 0.05) is 28.5 Å². The smallest absolute Gasteiger partial charge is 0.238 e. The summed E-state index contributed by atoms with van der Waals surface area (Å²) in [5, 5.41) is 2.55. The van der Waals surface area contributed by atoms with Crippen LogP contribution >= 0.6 is 27.3 Å². The van der Waals surface area contributed by atoms with E-state index in [1.165, 1.54) is 11.3 Å². The minimum Gasteiger partial charge on any atom is -0.312 e. The van der Waals surface area contributed by atoms with Gasteiger partial charge < -0.3 is 4.90 Å². The van der Waals surface area contributed by atoms with Gasteiger partial charge in [0.2, 0.25) is 11.8 Å². The molecule has 1 unspecified atom stereocenters. The molecule has 0 bridgehead atoms. The summed E-state index contributed by atoms with van der Waals surface area (Å²) < 4.78 is 0.995. The van der Waals surface area contributed by atoms with Gasteiger partial charge >= 0.3 is 0 Å². The van der Waals surface area contributed by atoms with Crippen molar-refractivity contribution in [1.29, 1.82) is 0 Å². The molecule has 29 heavy (non-hydrogen) atoms. The van der Waals surface area contributed by atoms with E-state index in [0.29, 0.717) is 11.7 Å². The van der Waals surface area contributed by atoms with Gasteiger partial charge in [-0.2, -0.15) is 0 Å². The van der Waals surface area contributed by atoms with Crippen molar-refractivity contribution in [2.75, 3.05) is 16.3 Å². The maximum Gasteiger partial charge on any atom is 0.238 e. The fourth-order valence-corrected chi connectivity index (χ4v) is 4.53. The van der Waals surface area contributed by atoms with E-state index >= 15 is 0 Å². The molecular formula is C22H20BrN3O2S. The Morgan fingerprint density at radius 2 is 1.97 bits per heavy atom. The first-order chi connectivity index (χ1) is 13.9. The summed E-state index contributed by atoms with van der Waals surface area (Å²) in [7, 11) is 0. The molecule has 0 spiro atoms. The van der Waals surface area contributed by atoms with E-state index in [0.717, 1.165) is 27.1 Å². The summed E-state index contributed by atoms with van der Waals surface area (Å²) in [6, 6.07) is 15.3. The normalized spacial score (nSPS) is 16.3. The lowest BCUT2D eigenvalue weighted by Crippen LogP contribution is -2.34. The van der Waals surface area contributed by atoms with Crippen LogP contribution in [-0.4, -0.2) is 23.3 Å². The van der Waals surface area contributed by atoms with Crippen LogP contribution in [0.3, 0.4) is 0 Å². The highest BCUT2D eigenvalue weighted by molar-refractivity contribution is 9.10. The number of aromatic nitrogens is 1. The highest BCUT2D eigenvalue weighted by Crippen LogP contribution is 2.34. The van der Waals surface area contributed by atoms with Gasteiger partial charge in [-0.3, -0.25) is 14.5 Å². The molecule has 1 atom stereocenters. The number of aryl methyl sites for hydroxylation is 2. The molecule has 1 aromatic heterocycles. The fourth-order valence-electron chi connectivity index (χ4n) is 3.46. The number of nitrogens with zero attached hydrogens (tertiary/aromatic N) is 3. The molecule has 5 nitrogen and oxygen atoms in total. The van der Waals surface area contributed by atoms with E-state index in [1.54, 1.807) is 9.80 Å². The highest BCUT2D eigenvalue weighted by Gasteiger charge is 2.38. The van der Waals surface area contributed by atoms with Gasteiger partial charge in [0.25, 0.3) is 0 Å². The molecule has 2 aromatic carbocycles. The van der Waals surface area contributed by atoms with E-state index < -0.39 is 5.92 Å². The summed E-state index contributed by atoms with van der Waals surface area (Å²) in [5.41, 5.74) is 3.50. The van der Waals surface area contributed by atoms with Gasteiger partial charge in [0.05, 0.1) is 17.3 Å². The second kappa shape index (κ2) is 8.08. The zero-order chi connectivity index (χ0) is 20.5. The molecule has 148 valence electrons. The summed E-state index contributed by atoms with van der Waals surface area (Å²) in [6.07, 6.45) is 0.196. The number of carbonyl (C=O) groups excluding carboxylic acids is 2. The third kappa shape index (κ3) is 3.97. The number of hydrogen-bond donors (Lipinski definition) is 0. The van der Waals surface area contributed by atoms with Gasteiger partial charge in [0.15, 0.2) is 5.13 Å². The zero-order valence-electron chi connectivity index (χ0n) is 16.1. The first kappa shape index (κ1) is 19.8. The Labute approximate surface area is 182 Å². The molecule has 0 radical (unpaired) electrons. The van der Waals surface area contributed by atoms with Crippen LogP contribution < -0.4 is 9.80 Å². The number of halogens is 1. The van der Waals surface area contributed by atoms with Crippen molar-refractivity contribution in [3.05, 3.63) is 69.6 Å². The third-order valence-electron chi connectivity index (χ3n) is 4.96. The summed E-state index contributed by atoms with van der Waals surface area (Å²) in [6.45, 7) is 4.26. The third-order valence-corrected chi connectivity index (χ3v) is 6.79. The number of hydrogen-bond acceptors (Lipinski definition) is 4. The van der Waals surface area contributed by atoms with Gasteiger partial charge in [-0.25, -0.2) is 4.98 Å². The Hall–Kier alpha value is -2.51. The van der Waals surface area contributed by atoms with Crippen molar-refractivity contribution in [2.24, 2.45) is 5.92 Å². The van der Waals surface area contributed by atoms with E-state index in [9.17, 15) is 9.59 Å². The number of anilines is 3. The van der Waals surface area contributed by atoms with E-state index in [1.807, 2.05) is 67.8 Å². The predicted octanol–water partition coefficient (Wildman–Crippen LogP) is 5.24. The minimum absolute atomic E-state index is 0.0339. The van der Waals surface area contributed by atoms with Crippen LogP contribution in [0.5, 0.6) is 0 Å². The van der Waals surface area contributed by atoms with E-state index in [-0.39, 0.29) is 18.2 Å². The maximum atomic E-state index is 13.5. The van der Waals surface area contributed by atoms with Crippen LogP contribution in [0, 0.1) is 19.8 Å². The molecule has 0 N–H and O–H groups in total. The molecule has 2 heterocycles. The molecule has 0 saturated carbocycles. The summed E-state index contributed by atoms with van der Waals surface area (Å²) in [4.78, 5) is 34.1. The number of amides is 2. The topological polar surface area (TPSA) is 53.5 Å². The molecule has 0 aliphatic carbocycles. The first-order valence-electron chi connectivity index (χ1n) is 9.31. The second-order valence-electron chi connectivity index (χ2n) is 7.12. The molecule has 1 aliphatic heterocycles. The van der Waals surface area contributed by atoms with Crippen LogP contribution in [0.2, 0.25) is 0 Å². The number of carbonyl (C=O) groups is 2. The van der Waals surface area contributed by atoms with Gasteiger partial charge in [-0.1, -0.05) is 34.1 Å². The van der Waals surface area contributed by atoms with Crippen molar-refractivity contribution < 1.29 is 9.59 Å². The molecule has 1 aliphatic rings. The average Bonchev–Trinajstić information content (AvgIpc) is 3.31. The Balaban J connectivity index is 1.63. The molecule has 1 saturated heterocycles. The predicted molar refractivity (Wildman–Crippen MR) is 120 cm³/mol. The lowest BCUT2D eigenvalue weighted by atomic mass is 10.1. The molecule has 2 amide bonds. The van der Waals surface area contributed by atoms with Gasteiger partial charge in [0.1, 0.15) is 0 Å². The zero-order valence-corrected chi connectivity index (χ0v) is 18.5. The molecule has 4 rings (SSSR count). The van der Waals surface area contributed by atoms with Crippen LogP contribution in [0.15, 0.2) is 58.4 Å². The Morgan fingerprint density at radius 3 is 2.62 bits per heavy atom. The van der Waals surface area contributed by atoms with Crippen LogP contribution in [0.25, 0.3) is 0 Å². The summed E-state index contributed by atoms with van der Waals surface area (Å²) >= 11 is 4.92. The molecule has 3 aromatic rings. The van der Waals surface area contributed by atoms with Crippen LogP contribution in [0.1, 0.15) is 17.7 Å². The monoisotopic (exact) mass is 469 g/mol. The largest absolute Gasteiger partial charge is 0.312 e. The molecule has 1 fully saturated rings. The minimum atomic E-state index is -0.420. The SMILES string of the molecule is Cc1csc(N(C(=O)C2CC(=O)N(c3ccc(Br)c(C)c3)C2)c2ccccc2)n1. The molecular weight excluding hydrogens is 450 g/mol. The quantitative estimate of drug-likeness (QED) is 0.524. The number of thiazole rings is 1. The molecule has 7 heteroatoms. The number of benzene rings is 2. The van der Waals surface area contributed by atoms with Crippen molar-refractivity contribution in [1.82, 2.24) is 4.98 Å². The van der Waals surface area contributed by atoms with Crippen LogP contribution in [0.4, 0.5) is 16.5 Å². The van der Waals surface area contributed by atoms with E-state index in [4.69, 9.17) is 0 Å². The number of para-hydroxylation sites is 1. The Morgan fingerprint density at radius 1 is 1.21 bits per heavy atom. The van der Waals surface area contributed by atoms with Gasteiger partial charge in [-0.15, -0.1) is 11.3 Å². The summed E-state index contributed by atoms with van der Waals surface area (Å²) in [5.74, 6) is -0.556. The van der Waals surface area contributed by atoms with Gasteiger partial charge in [-0.05, 0) is 49.7 Å². The van der Waals surface area contributed by atoms with Crippen molar-refractivity contribution in [3.63, 3.8) is 0 Å². The highest BCUT2D eigenvalue weighted by atomic mass is 79.9. The standard InChI is InChI=1S/C22H20BrN3O2S/c1-14-10-18(8-9-19(14)23)25-12-16(11-20(25)27)21(28)26(17-6-4-3-5-7-17)22-24-15(2)13-29-22/h3-10,13,16H,11-12H2,1-2H3. The average molecular weight is 470 g/mol.